The minimum Gasteiger partial charge on any atom is -0.469 e. The Morgan fingerprint density at radius 1 is 1.69 bits per heavy atom. The van der Waals surface area contributed by atoms with Gasteiger partial charge in [0.2, 0.25) is 0 Å². The monoisotopic (exact) mass is 260 g/mol. The Bertz CT molecular complexity index is 228. The molecule has 6 heteroatoms. The van der Waals surface area contributed by atoms with Crippen molar-refractivity contribution in [1.29, 1.82) is 0 Å². The Kier molecular flexibility index (Phi) is 2.62. The number of alkyl halides is 4. The van der Waals surface area contributed by atoms with Crippen molar-refractivity contribution >= 4 is 21.9 Å². The molecular weight excluding hydrogens is 253 g/mol. The van der Waals surface area contributed by atoms with Crippen LogP contribution in [0.15, 0.2) is 0 Å². The van der Waals surface area contributed by atoms with E-state index in [1.54, 1.807) is 0 Å². The van der Waals surface area contributed by atoms with E-state index in [9.17, 15) is 18.0 Å². The number of esters is 1. The maximum Gasteiger partial charge on any atom is 0.392 e. The third-order valence-electron chi connectivity index (χ3n) is 2.30. The number of halogens is 4. The van der Waals surface area contributed by atoms with Gasteiger partial charge in [-0.15, -0.1) is 0 Å². The zero-order valence-corrected chi connectivity index (χ0v) is 8.41. The summed E-state index contributed by atoms with van der Waals surface area (Å²) >= 11 is 2.91. The van der Waals surface area contributed by atoms with E-state index in [1.165, 1.54) is 0 Å². The van der Waals surface area contributed by atoms with E-state index < -0.39 is 23.5 Å². The van der Waals surface area contributed by atoms with Gasteiger partial charge in [-0.3, -0.25) is 4.79 Å². The molecule has 1 saturated carbocycles. The maximum atomic E-state index is 12.2. The highest BCUT2D eigenvalue weighted by molar-refractivity contribution is 9.09. The van der Waals surface area contributed by atoms with Gasteiger partial charge in [0.15, 0.2) is 0 Å². The van der Waals surface area contributed by atoms with E-state index >= 15 is 0 Å². The van der Waals surface area contributed by atoms with E-state index in [0.29, 0.717) is 0 Å². The Morgan fingerprint density at radius 3 is 2.46 bits per heavy atom. The van der Waals surface area contributed by atoms with Crippen LogP contribution in [0.2, 0.25) is 0 Å². The van der Waals surface area contributed by atoms with Crippen LogP contribution in [0.4, 0.5) is 13.2 Å². The van der Waals surface area contributed by atoms with Crippen LogP contribution < -0.4 is 0 Å². The second-order valence-electron chi connectivity index (χ2n) is 3.08. The largest absolute Gasteiger partial charge is 0.469 e. The molecule has 0 aromatic carbocycles. The summed E-state index contributed by atoms with van der Waals surface area (Å²) in [6.07, 6.45) is -4.48. The molecule has 0 bridgehead atoms. The molecule has 0 unspecified atom stereocenters. The first-order valence-corrected chi connectivity index (χ1v) is 4.71. The van der Waals surface area contributed by atoms with E-state index in [4.69, 9.17) is 0 Å². The predicted octanol–water partition coefficient (Wildman–Crippen LogP) is 2.12. The lowest BCUT2D eigenvalue weighted by Gasteiger charge is -2.12. The van der Waals surface area contributed by atoms with Gasteiger partial charge in [-0.05, 0) is 6.42 Å². The molecular formula is C7H8BrF3O2. The summed E-state index contributed by atoms with van der Waals surface area (Å²) in [4.78, 5) is 11.0. The lowest BCUT2D eigenvalue weighted by molar-refractivity contribution is -0.168. The lowest BCUT2D eigenvalue weighted by atomic mass is 10.1. The summed E-state index contributed by atoms with van der Waals surface area (Å²) in [5, 5.41) is -0.00313. The number of carbonyl (C=O) groups is 1. The molecule has 1 aliphatic rings. The molecule has 1 rings (SSSR count). The van der Waals surface area contributed by atoms with Crippen molar-refractivity contribution in [3.63, 3.8) is 0 Å². The Balaban J connectivity index is 2.75. The van der Waals surface area contributed by atoms with Gasteiger partial charge >= 0.3 is 12.1 Å². The molecule has 0 aliphatic heterocycles. The molecule has 1 fully saturated rings. The lowest BCUT2D eigenvalue weighted by Crippen LogP contribution is -2.27. The molecule has 0 heterocycles. The molecule has 2 nitrogen and oxygen atoms in total. The second kappa shape index (κ2) is 3.15. The summed E-state index contributed by atoms with van der Waals surface area (Å²) < 4.78 is 40.9. The SMILES string of the molecule is COC(=O)[C@@]1(CBr)C[C@H]1C(F)(F)F. The fraction of sp³-hybridized carbons (Fsp3) is 0.857. The molecule has 1 aliphatic carbocycles. The van der Waals surface area contributed by atoms with Crippen LogP contribution in [0.1, 0.15) is 6.42 Å². The van der Waals surface area contributed by atoms with Gasteiger partial charge in [0.1, 0.15) is 0 Å². The number of hydrogen-bond donors (Lipinski definition) is 0. The van der Waals surface area contributed by atoms with Crippen molar-refractivity contribution in [2.45, 2.75) is 12.6 Å². The van der Waals surface area contributed by atoms with Gasteiger partial charge in [0.05, 0.1) is 18.4 Å². The minimum absolute atomic E-state index is 0.00313. The van der Waals surface area contributed by atoms with Crippen molar-refractivity contribution in [3.8, 4) is 0 Å². The fourth-order valence-corrected chi connectivity index (χ4v) is 2.21. The van der Waals surface area contributed by atoms with Gasteiger partial charge in [-0.25, -0.2) is 0 Å². The number of ether oxygens (including phenoxy) is 1. The van der Waals surface area contributed by atoms with Crippen LogP contribution in [0.25, 0.3) is 0 Å². The third kappa shape index (κ3) is 1.68. The van der Waals surface area contributed by atoms with E-state index in [0.717, 1.165) is 7.11 Å². The molecule has 0 aromatic heterocycles. The first-order chi connectivity index (χ1) is 5.88. The Labute approximate surface area is 81.6 Å². The van der Waals surface area contributed by atoms with Crippen LogP contribution in [0.3, 0.4) is 0 Å². The number of hydrogen-bond acceptors (Lipinski definition) is 2. The molecule has 0 N–H and O–H groups in total. The van der Waals surface area contributed by atoms with E-state index in [-0.39, 0.29) is 11.8 Å². The topological polar surface area (TPSA) is 26.3 Å². The molecule has 0 amide bonds. The molecule has 76 valence electrons. The normalized spacial score (nSPS) is 32.8. The van der Waals surface area contributed by atoms with Gasteiger partial charge in [0.25, 0.3) is 0 Å². The van der Waals surface area contributed by atoms with Gasteiger partial charge in [0, 0.05) is 5.33 Å². The number of carbonyl (C=O) groups excluding carboxylic acids is 1. The molecule has 13 heavy (non-hydrogen) atoms. The molecule has 0 spiro atoms. The highest BCUT2D eigenvalue weighted by atomic mass is 79.9. The average Bonchev–Trinajstić information content (AvgIpc) is 2.78. The zero-order valence-electron chi connectivity index (χ0n) is 6.82. The van der Waals surface area contributed by atoms with Crippen LogP contribution in [-0.4, -0.2) is 24.6 Å². The summed E-state index contributed by atoms with van der Waals surface area (Å²) in [7, 11) is 1.10. The highest BCUT2D eigenvalue weighted by Gasteiger charge is 2.70. The van der Waals surface area contributed by atoms with Crippen molar-refractivity contribution in [1.82, 2.24) is 0 Å². The van der Waals surface area contributed by atoms with Crippen LogP contribution in [0, 0.1) is 11.3 Å². The summed E-state index contributed by atoms with van der Waals surface area (Å²) in [6.45, 7) is 0. The summed E-state index contributed by atoms with van der Waals surface area (Å²) in [5.74, 6) is -2.33. The number of methoxy groups -OCH3 is 1. The summed E-state index contributed by atoms with van der Waals surface area (Å²) in [5.41, 5.74) is -1.37. The van der Waals surface area contributed by atoms with E-state index in [1.807, 2.05) is 0 Å². The van der Waals surface area contributed by atoms with Crippen LogP contribution >= 0.6 is 15.9 Å². The highest BCUT2D eigenvalue weighted by Crippen LogP contribution is 2.61. The fourth-order valence-electron chi connectivity index (χ4n) is 1.37. The van der Waals surface area contributed by atoms with Crippen LogP contribution in [-0.2, 0) is 9.53 Å². The first kappa shape index (κ1) is 10.8. The predicted molar refractivity (Wildman–Crippen MR) is 42.4 cm³/mol. The van der Waals surface area contributed by atoms with Crippen molar-refractivity contribution in [2.75, 3.05) is 12.4 Å². The van der Waals surface area contributed by atoms with Crippen molar-refractivity contribution in [3.05, 3.63) is 0 Å². The minimum atomic E-state index is -4.30. The van der Waals surface area contributed by atoms with Gasteiger partial charge < -0.3 is 4.74 Å². The number of rotatable bonds is 2. The Hall–Kier alpha value is -0.260. The van der Waals surface area contributed by atoms with Crippen molar-refractivity contribution < 1.29 is 22.7 Å². The third-order valence-corrected chi connectivity index (χ3v) is 3.30. The maximum absolute atomic E-state index is 12.2. The molecule has 0 saturated heterocycles. The average molecular weight is 261 g/mol. The standard InChI is InChI=1S/C7H8BrF3O2/c1-13-5(12)6(3-8)2-4(6)7(9,10)11/h4H,2-3H2,1H3/t4-,6-/m1/s1. The van der Waals surface area contributed by atoms with Gasteiger partial charge in [-0.2, -0.15) is 13.2 Å². The molecule has 0 radical (unpaired) electrons. The quantitative estimate of drug-likeness (QED) is 0.562. The molecule has 0 aromatic rings. The van der Waals surface area contributed by atoms with Crippen LogP contribution in [0.5, 0.6) is 0 Å². The van der Waals surface area contributed by atoms with E-state index in [2.05, 4.69) is 20.7 Å². The molecule has 2 atom stereocenters. The zero-order chi connectivity index (χ0) is 10.3. The van der Waals surface area contributed by atoms with Gasteiger partial charge in [-0.1, -0.05) is 15.9 Å². The summed E-state index contributed by atoms with van der Waals surface area (Å²) in [6, 6.07) is 0. The Morgan fingerprint density at radius 2 is 2.23 bits per heavy atom. The smallest absolute Gasteiger partial charge is 0.392 e. The second-order valence-corrected chi connectivity index (χ2v) is 3.64. The first-order valence-electron chi connectivity index (χ1n) is 3.59. The van der Waals surface area contributed by atoms with Crippen molar-refractivity contribution in [2.24, 2.45) is 11.3 Å².